The number of anilines is 1. The summed E-state index contributed by atoms with van der Waals surface area (Å²) in [6, 6.07) is 2.66. The first-order valence-electron chi connectivity index (χ1n) is 5.63. The molecule has 0 amide bonds. The van der Waals surface area contributed by atoms with Crippen LogP contribution < -0.4 is 5.32 Å². The van der Waals surface area contributed by atoms with Crippen molar-refractivity contribution in [2.24, 2.45) is 0 Å². The molecule has 0 saturated carbocycles. The number of rotatable bonds is 6. The molecule has 19 heavy (non-hydrogen) atoms. The van der Waals surface area contributed by atoms with Crippen LogP contribution in [0.1, 0.15) is 24.8 Å². The number of aliphatic carboxylic acids is 1. The molecule has 2 N–H and O–H groups in total. The molecule has 0 bridgehead atoms. The number of nitrogens with one attached hydrogen (secondary N) is 1. The van der Waals surface area contributed by atoms with Gasteiger partial charge in [-0.3, -0.25) is 4.79 Å². The Morgan fingerprint density at radius 3 is 2.53 bits per heavy atom. The van der Waals surface area contributed by atoms with E-state index >= 15 is 0 Å². The van der Waals surface area contributed by atoms with E-state index < -0.39 is 23.5 Å². The van der Waals surface area contributed by atoms with Crippen molar-refractivity contribution >= 4 is 11.7 Å². The predicted octanol–water partition coefficient (Wildman–Crippen LogP) is 3.51. The summed E-state index contributed by atoms with van der Waals surface area (Å²) < 4.78 is 50.3. The number of carboxylic acid groups (broad SMARTS) is 1. The quantitative estimate of drug-likeness (QED) is 0.619. The molecule has 1 aromatic carbocycles. The van der Waals surface area contributed by atoms with Crippen LogP contribution in [-0.2, 0) is 11.0 Å². The number of alkyl halides is 3. The van der Waals surface area contributed by atoms with Gasteiger partial charge in [0, 0.05) is 18.7 Å². The molecular weight excluding hydrogens is 266 g/mol. The van der Waals surface area contributed by atoms with Gasteiger partial charge in [-0.05, 0) is 31.0 Å². The van der Waals surface area contributed by atoms with Crippen LogP contribution in [0.2, 0.25) is 0 Å². The van der Waals surface area contributed by atoms with Gasteiger partial charge in [-0.15, -0.1) is 0 Å². The third kappa shape index (κ3) is 5.15. The maximum Gasteiger partial charge on any atom is 0.419 e. The van der Waals surface area contributed by atoms with Crippen molar-refractivity contribution in [3.05, 3.63) is 29.6 Å². The highest BCUT2D eigenvalue weighted by Crippen LogP contribution is 2.32. The summed E-state index contributed by atoms with van der Waals surface area (Å²) in [6.45, 7) is 0.330. The maximum absolute atomic E-state index is 13.0. The van der Waals surface area contributed by atoms with E-state index in [2.05, 4.69) is 5.32 Å². The van der Waals surface area contributed by atoms with E-state index in [0.29, 0.717) is 25.5 Å². The van der Waals surface area contributed by atoms with E-state index in [1.807, 2.05) is 0 Å². The Kier molecular flexibility index (Phi) is 5.14. The smallest absolute Gasteiger partial charge is 0.419 e. The minimum absolute atomic E-state index is 0.0128. The van der Waals surface area contributed by atoms with Crippen molar-refractivity contribution in [2.45, 2.75) is 25.4 Å². The molecule has 0 saturated heterocycles. The van der Waals surface area contributed by atoms with E-state index in [1.54, 1.807) is 0 Å². The first-order valence-corrected chi connectivity index (χ1v) is 5.63. The van der Waals surface area contributed by atoms with Crippen molar-refractivity contribution in [1.29, 1.82) is 0 Å². The van der Waals surface area contributed by atoms with Crippen LogP contribution >= 0.6 is 0 Å². The second-order valence-electron chi connectivity index (χ2n) is 3.97. The normalized spacial score (nSPS) is 11.4. The molecule has 3 nitrogen and oxygen atoms in total. The number of unbranched alkanes of at least 4 members (excludes halogenated alkanes) is 1. The third-order valence-corrected chi connectivity index (χ3v) is 2.42. The second kappa shape index (κ2) is 6.40. The lowest BCUT2D eigenvalue weighted by Gasteiger charge is -2.11. The zero-order valence-electron chi connectivity index (χ0n) is 9.93. The van der Waals surface area contributed by atoms with Gasteiger partial charge in [0.25, 0.3) is 0 Å². The molecule has 0 spiro atoms. The van der Waals surface area contributed by atoms with Gasteiger partial charge in [0.2, 0.25) is 0 Å². The van der Waals surface area contributed by atoms with Gasteiger partial charge in [0.15, 0.2) is 0 Å². The summed E-state index contributed by atoms with van der Waals surface area (Å²) in [6.07, 6.45) is -3.79. The fourth-order valence-corrected chi connectivity index (χ4v) is 1.49. The Morgan fingerprint density at radius 1 is 1.26 bits per heavy atom. The molecular formula is C12H13F4NO2. The summed E-state index contributed by atoms with van der Waals surface area (Å²) in [7, 11) is 0. The lowest BCUT2D eigenvalue weighted by molar-refractivity contribution is -0.140. The Balaban J connectivity index is 2.53. The van der Waals surface area contributed by atoms with Crippen LogP contribution in [-0.4, -0.2) is 17.6 Å². The molecule has 0 aliphatic heterocycles. The standard InChI is InChI=1S/C12H13F4NO2/c13-10-5-4-8(7-9(10)12(14,15)16)17-6-2-1-3-11(18)19/h4-5,7,17H,1-3,6H2,(H,18,19). The molecule has 1 aromatic rings. The van der Waals surface area contributed by atoms with E-state index in [9.17, 15) is 22.4 Å². The second-order valence-corrected chi connectivity index (χ2v) is 3.97. The van der Waals surface area contributed by atoms with Crippen LogP contribution in [0.5, 0.6) is 0 Å². The van der Waals surface area contributed by atoms with Crippen molar-refractivity contribution in [1.82, 2.24) is 0 Å². The van der Waals surface area contributed by atoms with Gasteiger partial charge in [0.1, 0.15) is 5.82 Å². The van der Waals surface area contributed by atoms with E-state index in [0.717, 1.165) is 6.07 Å². The fraction of sp³-hybridized carbons (Fsp3) is 0.417. The molecule has 106 valence electrons. The van der Waals surface area contributed by atoms with Gasteiger partial charge >= 0.3 is 12.1 Å². The summed E-state index contributed by atoms with van der Waals surface area (Å²) in [5.41, 5.74) is -1.16. The fourth-order valence-electron chi connectivity index (χ4n) is 1.49. The topological polar surface area (TPSA) is 49.3 Å². The van der Waals surface area contributed by atoms with Gasteiger partial charge in [-0.2, -0.15) is 13.2 Å². The first kappa shape index (κ1) is 15.3. The maximum atomic E-state index is 13.0. The Morgan fingerprint density at radius 2 is 1.95 bits per heavy atom. The monoisotopic (exact) mass is 279 g/mol. The number of carboxylic acids is 1. The van der Waals surface area contributed by atoms with Gasteiger partial charge in [0.05, 0.1) is 5.56 Å². The van der Waals surface area contributed by atoms with Crippen molar-refractivity contribution < 1.29 is 27.5 Å². The molecule has 0 aliphatic carbocycles. The molecule has 1 rings (SSSR count). The zero-order valence-corrected chi connectivity index (χ0v) is 9.93. The van der Waals surface area contributed by atoms with E-state index in [1.165, 1.54) is 6.07 Å². The molecule has 0 atom stereocenters. The highest BCUT2D eigenvalue weighted by Gasteiger charge is 2.34. The molecule has 0 aliphatic rings. The molecule has 0 aromatic heterocycles. The number of hydrogen-bond acceptors (Lipinski definition) is 2. The van der Waals surface area contributed by atoms with Crippen LogP contribution in [0, 0.1) is 5.82 Å². The summed E-state index contributed by atoms with van der Waals surface area (Å²) >= 11 is 0. The van der Waals surface area contributed by atoms with Crippen molar-refractivity contribution in [3.63, 3.8) is 0 Å². The average molecular weight is 279 g/mol. The summed E-state index contributed by atoms with van der Waals surface area (Å²) in [5, 5.41) is 11.1. The van der Waals surface area contributed by atoms with Gasteiger partial charge < -0.3 is 10.4 Å². The van der Waals surface area contributed by atoms with Crippen LogP contribution in [0.4, 0.5) is 23.2 Å². The Hall–Kier alpha value is -1.79. The summed E-state index contributed by atoms with van der Waals surface area (Å²) in [4.78, 5) is 10.2. The predicted molar refractivity (Wildman–Crippen MR) is 61.4 cm³/mol. The molecule has 0 heterocycles. The number of halogens is 4. The Bertz CT molecular complexity index is 446. The summed E-state index contributed by atoms with van der Waals surface area (Å²) in [5.74, 6) is -2.23. The van der Waals surface area contributed by atoms with Crippen molar-refractivity contribution in [2.75, 3.05) is 11.9 Å². The van der Waals surface area contributed by atoms with Gasteiger partial charge in [-0.1, -0.05) is 0 Å². The minimum Gasteiger partial charge on any atom is -0.481 e. The number of hydrogen-bond donors (Lipinski definition) is 2. The Labute approximate surface area is 107 Å². The first-order chi connectivity index (χ1) is 8.80. The SMILES string of the molecule is O=C(O)CCCCNc1ccc(F)c(C(F)(F)F)c1. The minimum atomic E-state index is -4.73. The van der Waals surface area contributed by atoms with E-state index in [4.69, 9.17) is 5.11 Å². The van der Waals surface area contributed by atoms with Crippen LogP contribution in [0.25, 0.3) is 0 Å². The van der Waals surface area contributed by atoms with E-state index in [-0.39, 0.29) is 12.1 Å². The van der Waals surface area contributed by atoms with Crippen molar-refractivity contribution in [3.8, 4) is 0 Å². The highest BCUT2D eigenvalue weighted by atomic mass is 19.4. The van der Waals surface area contributed by atoms with Gasteiger partial charge in [-0.25, -0.2) is 4.39 Å². The molecule has 7 heteroatoms. The lowest BCUT2D eigenvalue weighted by atomic mass is 10.1. The average Bonchev–Trinajstić information content (AvgIpc) is 2.28. The highest BCUT2D eigenvalue weighted by molar-refractivity contribution is 5.66. The number of benzene rings is 1. The number of carbonyl (C=O) groups is 1. The molecule has 0 radical (unpaired) electrons. The molecule has 0 unspecified atom stereocenters. The lowest BCUT2D eigenvalue weighted by Crippen LogP contribution is -2.10. The molecule has 0 fully saturated rings. The van der Waals surface area contributed by atoms with Crippen LogP contribution in [0.3, 0.4) is 0 Å². The largest absolute Gasteiger partial charge is 0.481 e. The third-order valence-electron chi connectivity index (χ3n) is 2.42. The van der Waals surface area contributed by atoms with Crippen LogP contribution in [0.15, 0.2) is 18.2 Å². The zero-order chi connectivity index (χ0) is 14.5.